The van der Waals surface area contributed by atoms with Crippen molar-refractivity contribution in [2.45, 2.75) is 0 Å². The summed E-state index contributed by atoms with van der Waals surface area (Å²) in [6.45, 7) is 0. The number of amides is 2. The Kier molecular flexibility index (Phi) is 4.81. The van der Waals surface area contributed by atoms with E-state index in [0.717, 1.165) is 17.8 Å². The second-order valence-corrected chi connectivity index (χ2v) is 6.14. The van der Waals surface area contributed by atoms with Crippen LogP contribution >= 0.6 is 11.8 Å². The molecule has 0 aliphatic carbocycles. The molecule has 0 spiro atoms. The Balaban J connectivity index is 1.79. The van der Waals surface area contributed by atoms with E-state index in [9.17, 15) is 24.5 Å². The first-order chi connectivity index (χ1) is 12.4. The molecule has 0 unspecified atom stereocenters. The predicted molar refractivity (Wildman–Crippen MR) is 93.6 cm³/mol. The lowest BCUT2D eigenvalue weighted by atomic mass is 10.2. The third-order valence-corrected chi connectivity index (χ3v) is 4.11. The molecule has 1 aliphatic heterocycles. The van der Waals surface area contributed by atoms with E-state index in [4.69, 9.17) is 4.74 Å². The van der Waals surface area contributed by atoms with Gasteiger partial charge in [0, 0.05) is 12.1 Å². The molecule has 26 heavy (non-hydrogen) atoms. The number of esters is 1. The summed E-state index contributed by atoms with van der Waals surface area (Å²) in [5.74, 6) is -1.04. The van der Waals surface area contributed by atoms with E-state index in [1.807, 2.05) is 0 Å². The highest BCUT2D eigenvalue weighted by Crippen LogP contribution is 2.26. The molecule has 2 aromatic carbocycles. The van der Waals surface area contributed by atoms with E-state index in [0.29, 0.717) is 5.56 Å². The number of carbonyl (C=O) groups excluding carboxylic acids is 3. The number of imide groups is 1. The van der Waals surface area contributed by atoms with Crippen LogP contribution in [-0.4, -0.2) is 22.0 Å². The normalized spacial score (nSPS) is 15.0. The number of nitrogens with zero attached hydrogens (tertiary/aromatic N) is 1. The fourth-order valence-corrected chi connectivity index (χ4v) is 2.83. The number of non-ortho nitro benzene ring substituents is 1. The number of rotatable bonds is 4. The van der Waals surface area contributed by atoms with Crippen molar-refractivity contribution in [3.63, 3.8) is 0 Å². The molecule has 8 nitrogen and oxygen atoms in total. The van der Waals surface area contributed by atoms with E-state index < -0.39 is 22.0 Å². The molecule has 1 fully saturated rings. The number of benzene rings is 2. The zero-order valence-corrected chi connectivity index (χ0v) is 13.8. The van der Waals surface area contributed by atoms with Crippen LogP contribution < -0.4 is 10.1 Å². The van der Waals surface area contributed by atoms with Gasteiger partial charge < -0.3 is 4.74 Å². The van der Waals surface area contributed by atoms with Crippen molar-refractivity contribution in [3.8, 4) is 5.75 Å². The molecule has 0 radical (unpaired) electrons. The largest absolute Gasteiger partial charge is 0.423 e. The zero-order valence-electron chi connectivity index (χ0n) is 13.0. The van der Waals surface area contributed by atoms with E-state index >= 15 is 0 Å². The number of nitro benzene ring substituents is 1. The van der Waals surface area contributed by atoms with E-state index in [1.54, 1.807) is 12.1 Å². The average Bonchev–Trinajstić information content (AvgIpc) is 2.92. The minimum absolute atomic E-state index is 0.0410. The molecule has 2 amide bonds. The van der Waals surface area contributed by atoms with Crippen molar-refractivity contribution < 1.29 is 24.0 Å². The second kappa shape index (κ2) is 7.19. The Hall–Kier alpha value is -3.46. The third-order valence-electron chi connectivity index (χ3n) is 3.30. The zero-order chi connectivity index (χ0) is 18.7. The molecule has 130 valence electrons. The predicted octanol–water partition coefficient (Wildman–Crippen LogP) is 3.14. The highest BCUT2D eigenvalue weighted by Gasteiger charge is 2.25. The maximum atomic E-state index is 12.2. The van der Waals surface area contributed by atoms with Crippen LogP contribution in [-0.2, 0) is 4.79 Å². The maximum absolute atomic E-state index is 12.2. The van der Waals surface area contributed by atoms with Crippen molar-refractivity contribution >= 4 is 40.6 Å². The minimum Gasteiger partial charge on any atom is -0.423 e. The molecule has 0 bridgehead atoms. The highest BCUT2D eigenvalue weighted by molar-refractivity contribution is 8.18. The number of thioether (sulfide) groups is 1. The Labute approximate surface area is 151 Å². The first-order valence-electron chi connectivity index (χ1n) is 7.24. The van der Waals surface area contributed by atoms with Crippen molar-refractivity contribution in [3.05, 3.63) is 74.7 Å². The van der Waals surface area contributed by atoms with E-state index in [2.05, 4.69) is 5.32 Å². The van der Waals surface area contributed by atoms with Crippen molar-refractivity contribution in [1.29, 1.82) is 0 Å². The monoisotopic (exact) mass is 370 g/mol. The molecule has 1 saturated heterocycles. The van der Waals surface area contributed by atoms with Crippen molar-refractivity contribution in [2.75, 3.05) is 0 Å². The van der Waals surface area contributed by atoms with Crippen LogP contribution in [0.3, 0.4) is 0 Å². The fourth-order valence-electron chi connectivity index (χ4n) is 2.15. The fraction of sp³-hybridized carbons (Fsp3) is 0. The molecule has 0 aromatic heterocycles. The number of nitro groups is 1. The summed E-state index contributed by atoms with van der Waals surface area (Å²) in [6, 6.07) is 11.5. The summed E-state index contributed by atoms with van der Waals surface area (Å²) in [5.41, 5.74) is 0.382. The number of hydrogen-bond donors (Lipinski definition) is 1. The van der Waals surface area contributed by atoms with Crippen LogP contribution in [0, 0.1) is 10.1 Å². The van der Waals surface area contributed by atoms with Gasteiger partial charge in [-0.15, -0.1) is 0 Å². The molecule has 3 rings (SSSR count). The maximum Gasteiger partial charge on any atom is 0.343 e. The first kappa shape index (κ1) is 17.4. The van der Waals surface area contributed by atoms with Gasteiger partial charge in [-0.2, -0.15) is 0 Å². The minimum atomic E-state index is -0.748. The van der Waals surface area contributed by atoms with Gasteiger partial charge in [-0.3, -0.25) is 25.0 Å². The number of nitrogens with one attached hydrogen (secondary N) is 1. The average molecular weight is 370 g/mol. The van der Waals surface area contributed by atoms with Crippen LogP contribution in [0.15, 0.2) is 53.4 Å². The van der Waals surface area contributed by atoms with Gasteiger partial charge in [-0.1, -0.05) is 18.2 Å². The lowest BCUT2D eigenvalue weighted by Crippen LogP contribution is -2.17. The summed E-state index contributed by atoms with van der Waals surface area (Å²) < 4.78 is 5.22. The molecule has 1 heterocycles. The first-order valence-corrected chi connectivity index (χ1v) is 8.05. The smallest absolute Gasteiger partial charge is 0.343 e. The standard InChI is InChI=1S/C17H10N2O6S/c20-15-14(26-17(22)18-15)8-10-3-1-6-13(7-10)25-16(21)11-4-2-5-12(9-11)19(23)24/h1-9H,(H,18,20,22)/b14-8-. The van der Waals surface area contributed by atoms with Gasteiger partial charge >= 0.3 is 5.97 Å². The van der Waals surface area contributed by atoms with Gasteiger partial charge in [0.25, 0.3) is 16.8 Å². The van der Waals surface area contributed by atoms with Crippen molar-refractivity contribution in [1.82, 2.24) is 5.32 Å². The van der Waals surface area contributed by atoms with Gasteiger partial charge in [0.05, 0.1) is 15.4 Å². The third kappa shape index (κ3) is 3.95. The van der Waals surface area contributed by atoms with Gasteiger partial charge in [0.2, 0.25) is 0 Å². The molecular weight excluding hydrogens is 360 g/mol. The van der Waals surface area contributed by atoms with Crippen LogP contribution in [0.5, 0.6) is 5.75 Å². The Morgan fingerprint density at radius 2 is 1.92 bits per heavy atom. The molecule has 0 atom stereocenters. The lowest BCUT2D eigenvalue weighted by molar-refractivity contribution is -0.384. The molecule has 0 saturated carbocycles. The molecular formula is C17H10N2O6S. The summed E-state index contributed by atoms with van der Waals surface area (Å²) >= 11 is 0.779. The quantitative estimate of drug-likeness (QED) is 0.289. The summed E-state index contributed by atoms with van der Waals surface area (Å²) in [5, 5.41) is 12.5. The van der Waals surface area contributed by atoms with E-state index in [-0.39, 0.29) is 21.9 Å². The number of hydrogen-bond acceptors (Lipinski definition) is 7. The molecule has 1 N–H and O–H groups in total. The molecule has 9 heteroatoms. The number of ether oxygens (including phenoxy) is 1. The SMILES string of the molecule is O=C1NC(=O)/C(=C/c2cccc(OC(=O)c3cccc([N+](=O)[O-])c3)c2)S1. The Bertz CT molecular complexity index is 969. The van der Waals surface area contributed by atoms with E-state index in [1.165, 1.54) is 36.4 Å². The van der Waals surface area contributed by atoms with Crippen LogP contribution in [0.2, 0.25) is 0 Å². The Morgan fingerprint density at radius 3 is 2.62 bits per heavy atom. The van der Waals surface area contributed by atoms with Gasteiger partial charge in [-0.05, 0) is 41.6 Å². The van der Waals surface area contributed by atoms with Gasteiger partial charge in [-0.25, -0.2) is 4.79 Å². The summed E-state index contributed by atoms with van der Waals surface area (Å²) in [4.78, 5) is 45.3. The van der Waals surface area contributed by atoms with Gasteiger partial charge in [0.1, 0.15) is 5.75 Å². The van der Waals surface area contributed by atoms with Crippen LogP contribution in [0.25, 0.3) is 6.08 Å². The highest BCUT2D eigenvalue weighted by atomic mass is 32.2. The second-order valence-electron chi connectivity index (χ2n) is 5.12. The van der Waals surface area contributed by atoms with Gasteiger partial charge in [0.15, 0.2) is 0 Å². The summed E-state index contributed by atoms with van der Waals surface area (Å²) in [7, 11) is 0. The molecule has 2 aromatic rings. The summed E-state index contributed by atoms with van der Waals surface area (Å²) in [6.07, 6.45) is 1.50. The lowest BCUT2D eigenvalue weighted by Gasteiger charge is -2.05. The van der Waals surface area contributed by atoms with Crippen LogP contribution in [0.1, 0.15) is 15.9 Å². The number of carbonyl (C=O) groups is 3. The topological polar surface area (TPSA) is 116 Å². The Morgan fingerprint density at radius 1 is 1.15 bits per heavy atom. The molecule has 1 aliphatic rings. The van der Waals surface area contributed by atoms with Crippen molar-refractivity contribution in [2.24, 2.45) is 0 Å². The van der Waals surface area contributed by atoms with Crippen LogP contribution in [0.4, 0.5) is 10.5 Å².